The van der Waals surface area contributed by atoms with Crippen LogP contribution in [-0.4, -0.2) is 57.1 Å². The lowest BCUT2D eigenvalue weighted by Crippen LogP contribution is -2.35. The van der Waals surface area contributed by atoms with Gasteiger partial charge >= 0.3 is 0 Å². The predicted molar refractivity (Wildman–Crippen MR) is 124 cm³/mol. The van der Waals surface area contributed by atoms with Crippen molar-refractivity contribution in [3.8, 4) is 16.5 Å². The Balaban J connectivity index is 1.31. The van der Waals surface area contributed by atoms with Crippen LogP contribution < -0.4 is 4.74 Å². The van der Waals surface area contributed by atoms with Gasteiger partial charge in [-0.25, -0.2) is 4.98 Å². The maximum absolute atomic E-state index is 13.0. The van der Waals surface area contributed by atoms with E-state index in [9.17, 15) is 4.79 Å². The number of ketones is 1. The first-order valence-electron chi connectivity index (χ1n) is 10.6. The molecule has 5 rings (SSSR count). The van der Waals surface area contributed by atoms with Crippen LogP contribution in [0.25, 0.3) is 21.6 Å². The Bertz CT molecular complexity index is 1240. The average molecular weight is 446 g/mol. The quantitative estimate of drug-likeness (QED) is 0.414. The van der Waals surface area contributed by atoms with E-state index in [1.807, 2.05) is 42.5 Å². The molecule has 3 aromatic heterocycles. The summed E-state index contributed by atoms with van der Waals surface area (Å²) in [5.74, 6) is 0.756. The molecule has 0 radical (unpaired) electrons. The summed E-state index contributed by atoms with van der Waals surface area (Å²) in [6, 6.07) is 13.2. The molecule has 0 aliphatic carbocycles. The van der Waals surface area contributed by atoms with Crippen LogP contribution in [0.4, 0.5) is 0 Å². The van der Waals surface area contributed by atoms with E-state index in [1.54, 1.807) is 11.7 Å². The van der Waals surface area contributed by atoms with Crippen LogP contribution in [0.2, 0.25) is 0 Å². The minimum atomic E-state index is 0.00551. The molecule has 8 heteroatoms. The zero-order valence-electron chi connectivity index (χ0n) is 17.8. The fraction of sp³-hybridized carbons (Fsp3) is 0.292. The highest BCUT2D eigenvalue weighted by Gasteiger charge is 2.18. The van der Waals surface area contributed by atoms with Crippen molar-refractivity contribution in [3.63, 3.8) is 0 Å². The van der Waals surface area contributed by atoms with Crippen molar-refractivity contribution >= 4 is 28.0 Å². The molecule has 1 fully saturated rings. The van der Waals surface area contributed by atoms with Gasteiger partial charge in [0, 0.05) is 30.2 Å². The molecule has 0 unspecified atom stereocenters. The standard InChI is InChI=1S/C24H23N5O2S/c1-29-9-7-19(8-10-29)31-20-4-2-3-16(11-20)23(30)13-18-12-22-17(14-25-18)5-6-21(27-22)24-28-26-15-32-24/h2-6,11-12,14-15,19H,7-10,13H2,1H3. The van der Waals surface area contributed by atoms with Gasteiger partial charge < -0.3 is 9.64 Å². The van der Waals surface area contributed by atoms with Gasteiger partial charge in [-0.05, 0) is 50.2 Å². The summed E-state index contributed by atoms with van der Waals surface area (Å²) in [6.07, 6.45) is 4.17. The number of rotatable bonds is 6. The number of carbonyl (C=O) groups excluding carboxylic acids is 1. The number of aromatic nitrogens is 4. The number of Topliss-reactive ketones (excluding diaryl/α,β-unsaturated/α-hetero) is 1. The van der Waals surface area contributed by atoms with Gasteiger partial charge in [0.25, 0.3) is 0 Å². The average Bonchev–Trinajstić information content (AvgIpc) is 3.35. The molecular formula is C24H23N5O2S. The number of pyridine rings is 2. The third-order valence-electron chi connectivity index (χ3n) is 5.68. The van der Waals surface area contributed by atoms with Crippen molar-refractivity contribution in [2.45, 2.75) is 25.4 Å². The molecule has 1 aliphatic rings. The number of hydrogen-bond donors (Lipinski definition) is 0. The van der Waals surface area contributed by atoms with E-state index in [2.05, 4.69) is 32.1 Å². The van der Waals surface area contributed by atoms with E-state index >= 15 is 0 Å². The van der Waals surface area contributed by atoms with Crippen molar-refractivity contribution in [1.82, 2.24) is 25.1 Å². The zero-order chi connectivity index (χ0) is 21.9. The lowest BCUT2D eigenvalue weighted by Gasteiger charge is -2.29. The second-order valence-corrected chi connectivity index (χ2v) is 8.89. The molecule has 1 saturated heterocycles. The maximum atomic E-state index is 13.0. The predicted octanol–water partition coefficient (Wildman–Crippen LogP) is 4.05. The van der Waals surface area contributed by atoms with Gasteiger partial charge in [-0.15, -0.1) is 10.2 Å². The van der Waals surface area contributed by atoms with Gasteiger partial charge in [-0.1, -0.05) is 23.5 Å². The monoisotopic (exact) mass is 445 g/mol. The minimum Gasteiger partial charge on any atom is -0.490 e. The Labute approximate surface area is 190 Å². The molecule has 162 valence electrons. The summed E-state index contributed by atoms with van der Waals surface area (Å²) in [4.78, 5) is 24.4. The Hall–Kier alpha value is -3.23. The van der Waals surface area contributed by atoms with Crippen molar-refractivity contribution in [1.29, 1.82) is 0 Å². The summed E-state index contributed by atoms with van der Waals surface area (Å²) in [5.41, 5.74) is 4.55. The van der Waals surface area contributed by atoms with Crippen molar-refractivity contribution in [3.05, 3.63) is 65.4 Å². The third kappa shape index (κ3) is 4.66. The summed E-state index contributed by atoms with van der Waals surface area (Å²) >= 11 is 1.44. The molecule has 4 heterocycles. The first-order valence-corrected chi connectivity index (χ1v) is 11.5. The van der Waals surface area contributed by atoms with Crippen LogP contribution in [0.1, 0.15) is 28.9 Å². The number of fused-ring (bicyclic) bond motifs is 1. The number of carbonyl (C=O) groups is 1. The van der Waals surface area contributed by atoms with Gasteiger partial charge in [0.2, 0.25) is 0 Å². The van der Waals surface area contributed by atoms with Gasteiger partial charge in [0.15, 0.2) is 10.8 Å². The number of likely N-dealkylation sites (tertiary alicyclic amines) is 1. The van der Waals surface area contributed by atoms with Crippen LogP contribution >= 0.6 is 11.3 Å². The molecule has 32 heavy (non-hydrogen) atoms. The Morgan fingerprint density at radius 2 is 2.06 bits per heavy atom. The second-order valence-electron chi connectivity index (χ2n) is 8.06. The van der Waals surface area contributed by atoms with Gasteiger partial charge in [0.05, 0.1) is 17.6 Å². The third-order valence-corrected chi connectivity index (χ3v) is 6.39. The molecule has 1 aromatic carbocycles. The van der Waals surface area contributed by atoms with Crippen LogP contribution in [-0.2, 0) is 6.42 Å². The van der Waals surface area contributed by atoms with E-state index in [0.29, 0.717) is 11.3 Å². The van der Waals surface area contributed by atoms with E-state index < -0.39 is 0 Å². The highest BCUT2D eigenvalue weighted by molar-refractivity contribution is 7.12. The van der Waals surface area contributed by atoms with Crippen LogP contribution in [0.3, 0.4) is 0 Å². The fourth-order valence-corrected chi connectivity index (χ4v) is 4.39. The molecule has 0 saturated carbocycles. The molecule has 0 bridgehead atoms. The maximum Gasteiger partial charge on any atom is 0.168 e. The number of nitrogens with zero attached hydrogens (tertiary/aromatic N) is 5. The Kier molecular flexibility index (Phi) is 5.87. The fourth-order valence-electron chi connectivity index (χ4n) is 3.86. The number of ether oxygens (including phenoxy) is 1. The van der Waals surface area contributed by atoms with Gasteiger partial charge in [-0.2, -0.15) is 0 Å². The summed E-state index contributed by atoms with van der Waals surface area (Å²) < 4.78 is 6.14. The van der Waals surface area contributed by atoms with E-state index in [1.165, 1.54) is 11.3 Å². The normalized spacial score (nSPS) is 15.2. The van der Waals surface area contributed by atoms with Crippen LogP contribution in [0, 0.1) is 0 Å². The number of hydrogen-bond acceptors (Lipinski definition) is 8. The van der Waals surface area contributed by atoms with Crippen LogP contribution in [0.15, 0.2) is 54.2 Å². The smallest absolute Gasteiger partial charge is 0.168 e. The molecule has 0 spiro atoms. The minimum absolute atomic E-state index is 0.00551. The first kappa shape index (κ1) is 20.7. The summed E-state index contributed by atoms with van der Waals surface area (Å²) in [6.45, 7) is 2.07. The van der Waals surface area contributed by atoms with E-state index in [4.69, 9.17) is 4.74 Å². The molecule has 1 aliphatic heterocycles. The molecular weight excluding hydrogens is 422 g/mol. The Morgan fingerprint density at radius 3 is 2.88 bits per heavy atom. The topological polar surface area (TPSA) is 81.1 Å². The number of benzene rings is 1. The Morgan fingerprint density at radius 1 is 1.19 bits per heavy atom. The lowest BCUT2D eigenvalue weighted by atomic mass is 10.0. The van der Waals surface area contributed by atoms with Gasteiger partial charge in [0.1, 0.15) is 23.1 Å². The molecule has 4 aromatic rings. The zero-order valence-corrected chi connectivity index (χ0v) is 18.6. The van der Waals surface area contributed by atoms with E-state index in [-0.39, 0.29) is 18.3 Å². The molecule has 7 nitrogen and oxygen atoms in total. The summed E-state index contributed by atoms with van der Waals surface area (Å²) in [5, 5.41) is 9.64. The van der Waals surface area contributed by atoms with Crippen molar-refractivity contribution in [2.24, 2.45) is 0 Å². The summed E-state index contributed by atoms with van der Waals surface area (Å²) in [7, 11) is 2.13. The van der Waals surface area contributed by atoms with Crippen molar-refractivity contribution in [2.75, 3.05) is 20.1 Å². The van der Waals surface area contributed by atoms with Gasteiger partial charge in [-0.3, -0.25) is 9.78 Å². The highest BCUT2D eigenvalue weighted by Crippen LogP contribution is 2.23. The second kappa shape index (κ2) is 9.10. The molecule has 0 amide bonds. The van der Waals surface area contributed by atoms with Crippen molar-refractivity contribution < 1.29 is 9.53 Å². The molecule has 0 N–H and O–H groups in total. The molecule has 0 atom stereocenters. The lowest BCUT2D eigenvalue weighted by molar-refractivity contribution is 0.0988. The largest absolute Gasteiger partial charge is 0.490 e. The SMILES string of the molecule is CN1CCC(Oc2cccc(C(=O)Cc3cc4nc(-c5nncs5)ccc4cn3)c2)CC1. The highest BCUT2D eigenvalue weighted by atomic mass is 32.1. The van der Waals surface area contributed by atoms with Crippen LogP contribution in [0.5, 0.6) is 5.75 Å². The number of piperidine rings is 1. The van der Waals surface area contributed by atoms with E-state index in [0.717, 1.165) is 53.3 Å². The first-order chi connectivity index (χ1) is 15.6.